The number of carboxylic acids is 1. The number of esters is 1. The Morgan fingerprint density at radius 3 is 2.45 bits per heavy atom. The van der Waals surface area contributed by atoms with Crippen molar-refractivity contribution in [3.05, 3.63) is 33.9 Å². The number of rotatable bonds is 5. The molecule has 1 aromatic rings. The van der Waals surface area contributed by atoms with Gasteiger partial charge >= 0.3 is 11.9 Å². The topological polar surface area (TPSA) is 107 Å². The van der Waals surface area contributed by atoms with Gasteiger partial charge in [0.1, 0.15) is 5.75 Å². The molecule has 0 amide bonds. The lowest BCUT2D eigenvalue weighted by Gasteiger charge is -2.20. The van der Waals surface area contributed by atoms with Crippen LogP contribution in [-0.4, -0.2) is 22.0 Å². The van der Waals surface area contributed by atoms with Crippen LogP contribution in [0.1, 0.15) is 26.3 Å². The van der Waals surface area contributed by atoms with Gasteiger partial charge in [-0.05, 0) is 31.9 Å². The van der Waals surface area contributed by atoms with E-state index in [-0.39, 0.29) is 17.9 Å². The standard InChI is InChI=1S/C13H15NO6/c1-8(15)20-11-6-10(14(18)19)5-4-9(11)7-13(2,3)12(16)17/h4-6H,7H2,1-3H3,(H,16,17). The SMILES string of the molecule is CC(=O)Oc1cc([N+](=O)[O-])ccc1CC(C)(C)C(=O)O. The van der Waals surface area contributed by atoms with Crippen molar-refractivity contribution in [3.8, 4) is 5.75 Å². The average Bonchev–Trinajstić information content (AvgIpc) is 2.29. The van der Waals surface area contributed by atoms with E-state index in [1.54, 1.807) is 0 Å². The van der Waals surface area contributed by atoms with Crippen LogP contribution in [0.4, 0.5) is 5.69 Å². The Balaban J connectivity index is 3.21. The first kappa shape index (κ1) is 15.6. The van der Waals surface area contributed by atoms with Crippen molar-refractivity contribution in [3.63, 3.8) is 0 Å². The van der Waals surface area contributed by atoms with E-state index in [1.165, 1.54) is 32.9 Å². The second-order valence-corrected chi connectivity index (χ2v) is 5.01. The Kier molecular flexibility index (Phi) is 4.44. The molecule has 0 aromatic heterocycles. The summed E-state index contributed by atoms with van der Waals surface area (Å²) in [5, 5.41) is 19.8. The minimum atomic E-state index is -1.08. The minimum absolute atomic E-state index is 0.0148. The van der Waals surface area contributed by atoms with Gasteiger partial charge in [0.05, 0.1) is 16.4 Å². The van der Waals surface area contributed by atoms with Crippen LogP contribution in [0, 0.1) is 15.5 Å². The van der Waals surface area contributed by atoms with Crippen molar-refractivity contribution in [2.75, 3.05) is 0 Å². The van der Waals surface area contributed by atoms with Crippen molar-refractivity contribution >= 4 is 17.6 Å². The first-order valence-electron chi connectivity index (χ1n) is 5.82. The number of hydrogen-bond donors (Lipinski definition) is 1. The molecule has 0 aliphatic rings. The summed E-state index contributed by atoms with van der Waals surface area (Å²) in [5.41, 5.74) is -0.873. The Morgan fingerprint density at radius 1 is 1.40 bits per heavy atom. The molecule has 0 bridgehead atoms. The van der Waals surface area contributed by atoms with E-state index >= 15 is 0 Å². The van der Waals surface area contributed by atoms with Crippen LogP contribution in [0.15, 0.2) is 18.2 Å². The van der Waals surface area contributed by atoms with Crippen LogP contribution < -0.4 is 4.74 Å². The zero-order chi connectivity index (χ0) is 15.5. The summed E-state index contributed by atoms with van der Waals surface area (Å²) in [6, 6.07) is 3.77. The molecule has 0 atom stereocenters. The van der Waals surface area contributed by atoms with Crippen LogP contribution in [0.5, 0.6) is 5.75 Å². The monoisotopic (exact) mass is 281 g/mol. The van der Waals surface area contributed by atoms with Gasteiger partial charge in [0.25, 0.3) is 5.69 Å². The lowest BCUT2D eigenvalue weighted by atomic mass is 9.85. The molecule has 1 rings (SSSR count). The minimum Gasteiger partial charge on any atom is -0.481 e. The third-order valence-corrected chi connectivity index (χ3v) is 2.73. The summed E-state index contributed by atoms with van der Waals surface area (Å²) in [6.45, 7) is 4.22. The number of carbonyl (C=O) groups is 2. The molecular formula is C13H15NO6. The highest BCUT2D eigenvalue weighted by Crippen LogP contribution is 2.31. The predicted molar refractivity (Wildman–Crippen MR) is 69.5 cm³/mol. The van der Waals surface area contributed by atoms with Crippen LogP contribution in [-0.2, 0) is 16.0 Å². The number of hydrogen-bond acceptors (Lipinski definition) is 5. The van der Waals surface area contributed by atoms with Crippen molar-refractivity contribution < 1.29 is 24.4 Å². The van der Waals surface area contributed by atoms with Crippen LogP contribution in [0.3, 0.4) is 0 Å². The second-order valence-electron chi connectivity index (χ2n) is 5.01. The van der Waals surface area contributed by atoms with Gasteiger partial charge in [-0.3, -0.25) is 19.7 Å². The van der Waals surface area contributed by atoms with Gasteiger partial charge in [-0.1, -0.05) is 0 Å². The van der Waals surface area contributed by atoms with Gasteiger partial charge in [-0.25, -0.2) is 0 Å². The molecule has 0 aliphatic carbocycles. The Morgan fingerprint density at radius 2 is 2.00 bits per heavy atom. The van der Waals surface area contributed by atoms with Crippen molar-refractivity contribution in [1.82, 2.24) is 0 Å². The molecule has 0 saturated carbocycles. The van der Waals surface area contributed by atoms with E-state index in [2.05, 4.69) is 0 Å². The van der Waals surface area contributed by atoms with E-state index in [1.807, 2.05) is 0 Å². The molecule has 0 aliphatic heterocycles. The normalized spacial score (nSPS) is 10.9. The molecule has 108 valence electrons. The maximum Gasteiger partial charge on any atom is 0.309 e. The summed E-state index contributed by atoms with van der Waals surface area (Å²) in [7, 11) is 0. The molecule has 0 unspecified atom stereocenters. The second kappa shape index (κ2) is 5.68. The van der Waals surface area contributed by atoms with E-state index in [0.29, 0.717) is 5.56 Å². The first-order valence-corrected chi connectivity index (χ1v) is 5.82. The molecule has 1 N–H and O–H groups in total. The summed E-state index contributed by atoms with van der Waals surface area (Å²) in [5.74, 6) is -1.62. The predicted octanol–water partition coefficient (Wildman–Crippen LogP) is 2.17. The molecule has 7 nitrogen and oxygen atoms in total. The van der Waals surface area contributed by atoms with Crippen LogP contribution in [0.25, 0.3) is 0 Å². The Hall–Kier alpha value is -2.44. The largest absolute Gasteiger partial charge is 0.481 e. The van der Waals surface area contributed by atoms with E-state index in [4.69, 9.17) is 9.84 Å². The Labute approximate surface area is 115 Å². The molecular weight excluding hydrogens is 266 g/mol. The average molecular weight is 281 g/mol. The number of aliphatic carboxylic acids is 1. The summed E-state index contributed by atoms with van der Waals surface area (Å²) in [6.07, 6.45) is 0.0863. The lowest BCUT2D eigenvalue weighted by Crippen LogP contribution is -2.26. The van der Waals surface area contributed by atoms with E-state index in [9.17, 15) is 19.7 Å². The van der Waals surface area contributed by atoms with Gasteiger partial charge < -0.3 is 9.84 Å². The van der Waals surface area contributed by atoms with Crippen molar-refractivity contribution in [2.45, 2.75) is 27.2 Å². The van der Waals surface area contributed by atoms with Gasteiger partial charge in [0.15, 0.2) is 0 Å². The maximum atomic E-state index is 11.1. The molecule has 0 heterocycles. The number of nitro groups is 1. The number of carboxylic acid groups (broad SMARTS) is 1. The van der Waals surface area contributed by atoms with Gasteiger partial charge in [0.2, 0.25) is 0 Å². The molecule has 1 aromatic carbocycles. The van der Waals surface area contributed by atoms with Gasteiger partial charge in [-0.2, -0.15) is 0 Å². The highest BCUT2D eigenvalue weighted by atomic mass is 16.6. The number of benzene rings is 1. The zero-order valence-electron chi connectivity index (χ0n) is 11.4. The number of nitrogens with zero attached hydrogens (tertiary/aromatic N) is 1. The molecule has 0 fully saturated rings. The van der Waals surface area contributed by atoms with Crippen LogP contribution >= 0.6 is 0 Å². The lowest BCUT2D eigenvalue weighted by molar-refractivity contribution is -0.384. The summed E-state index contributed by atoms with van der Waals surface area (Å²) < 4.78 is 4.93. The number of non-ortho nitro benzene ring substituents is 1. The third-order valence-electron chi connectivity index (χ3n) is 2.73. The van der Waals surface area contributed by atoms with Gasteiger partial charge in [-0.15, -0.1) is 0 Å². The van der Waals surface area contributed by atoms with E-state index in [0.717, 1.165) is 6.07 Å². The molecule has 7 heteroatoms. The fourth-order valence-electron chi connectivity index (χ4n) is 1.60. The first-order chi connectivity index (χ1) is 9.13. The molecule has 0 spiro atoms. The fourth-order valence-corrected chi connectivity index (χ4v) is 1.60. The van der Waals surface area contributed by atoms with Crippen molar-refractivity contribution in [1.29, 1.82) is 0 Å². The highest BCUT2D eigenvalue weighted by molar-refractivity contribution is 5.75. The molecule has 0 radical (unpaired) electrons. The number of carbonyl (C=O) groups excluding carboxylic acids is 1. The quantitative estimate of drug-likeness (QED) is 0.383. The fraction of sp³-hybridized carbons (Fsp3) is 0.385. The highest BCUT2D eigenvalue weighted by Gasteiger charge is 2.29. The van der Waals surface area contributed by atoms with E-state index < -0.39 is 22.3 Å². The number of nitro benzene ring substituents is 1. The van der Waals surface area contributed by atoms with Crippen LogP contribution in [0.2, 0.25) is 0 Å². The van der Waals surface area contributed by atoms with Crippen molar-refractivity contribution in [2.24, 2.45) is 5.41 Å². The molecule has 20 heavy (non-hydrogen) atoms. The molecule has 0 saturated heterocycles. The summed E-state index contributed by atoms with van der Waals surface area (Å²) in [4.78, 5) is 32.3. The zero-order valence-corrected chi connectivity index (χ0v) is 11.4. The Bertz CT molecular complexity index is 564. The van der Waals surface area contributed by atoms with Gasteiger partial charge in [0, 0.05) is 13.0 Å². The number of ether oxygens (including phenoxy) is 1. The summed E-state index contributed by atoms with van der Waals surface area (Å²) >= 11 is 0. The maximum absolute atomic E-state index is 11.1. The smallest absolute Gasteiger partial charge is 0.309 e. The third kappa shape index (κ3) is 3.78.